The second-order valence-electron chi connectivity index (χ2n) is 5.81. The fourth-order valence-electron chi connectivity index (χ4n) is 1.61. The Kier molecular flexibility index (Phi) is 4.63. The number of hydrogen-bond donors (Lipinski definition) is 2. The highest BCUT2D eigenvalue weighted by Crippen LogP contribution is 2.26. The second-order valence-corrected chi connectivity index (χ2v) is 6.67. The Balaban J connectivity index is 2.07. The highest BCUT2D eigenvalue weighted by atomic mass is 79.9. The van der Waals surface area contributed by atoms with Gasteiger partial charge in [0.25, 0.3) is 0 Å². The van der Waals surface area contributed by atoms with Crippen LogP contribution in [0.15, 0.2) is 21.0 Å². The Morgan fingerprint density at radius 2 is 2.00 bits per heavy atom. The average molecular weight is 357 g/mol. The maximum absolute atomic E-state index is 13.4. The third-order valence-electron chi connectivity index (χ3n) is 2.75. The fourth-order valence-corrected chi connectivity index (χ4v) is 1.96. The maximum Gasteiger partial charge on any atom is 0.320 e. The van der Waals surface area contributed by atoms with Gasteiger partial charge in [-0.3, -0.25) is 0 Å². The van der Waals surface area contributed by atoms with Gasteiger partial charge in [-0.25, -0.2) is 4.39 Å². The molecule has 0 aliphatic rings. The molecule has 0 unspecified atom stereocenters. The zero-order chi connectivity index (χ0) is 15.6. The van der Waals surface area contributed by atoms with E-state index in [1.807, 2.05) is 0 Å². The first kappa shape index (κ1) is 15.9. The summed E-state index contributed by atoms with van der Waals surface area (Å²) in [5.41, 5.74) is 1.44. The molecule has 114 valence electrons. The van der Waals surface area contributed by atoms with Crippen molar-refractivity contribution in [2.45, 2.75) is 39.8 Å². The van der Waals surface area contributed by atoms with Gasteiger partial charge in [-0.1, -0.05) is 5.10 Å². The van der Waals surface area contributed by atoms with E-state index in [2.05, 4.69) is 57.5 Å². The molecule has 0 bridgehead atoms. The van der Waals surface area contributed by atoms with Gasteiger partial charge in [0.05, 0.1) is 11.0 Å². The fraction of sp³-hybridized carbons (Fsp3) is 0.429. The predicted octanol–water partition coefficient (Wildman–Crippen LogP) is 3.91. The minimum absolute atomic E-state index is 0.0273. The van der Waals surface area contributed by atoms with Crippen LogP contribution in [0.25, 0.3) is 0 Å². The van der Waals surface area contributed by atoms with E-state index >= 15 is 0 Å². The van der Waals surface area contributed by atoms with Gasteiger partial charge < -0.3 is 15.1 Å². The Labute approximate surface area is 131 Å². The molecule has 0 amide bonds. The molecule has 0 atom stereocenters. The lowest BCUT2D eigenvalue weighted by Crippen LogP contribution is -2.35. The van der Waals surface area contributed by atoms with Gasteiger partial charge >= 0.3 is 6.01 Å². The molecule has 0 radical (unpaired) electrons. The third kappa shape index (κ3) is 4.50. The topological polar surface area (TPSA) is 63.0 Å². The van der Waals surface area contributed by atoms with Crippen molar-refractivity contribution in [3.63, 3.8) is 0 Å². The summed E-state index contributed by atoms with van der Waals surface area (Å²) < 4.78 is 19.3. The highest BCUT2D eigenvalue weighted by Gasteiger charge is 2.13. The average Bonchev–Trinajstić information content (AvgIpc) is 2.80. The van der Waals surface area contributed by atoms with Crippen molar-refractivity contribution < 1.29 is 8.81 Å². The number of aromatic nitrogens is 2. The molecule has 21 heavy (non-hydrogen) atoms. The van der Waals surface area contributed by atoms with Crippen LogP contribution in [0.3, 0.4) is 0 Å². The normalized spacial score (nSPS) is 11.7. The summed E-state index contributed by atoms with van der Waals surface area (Å²) >= 11 is 3.15. The molecule has 5 nitrogen and oxygen atoms in total. The van der Waals surface area contributed by atoms with Crippen LogP contribution in [0.2, 0.25) is 0 Å². The molecular weight excluding hydrogens is 339 g/mol. The van der Waals surface area contributed by atoms with E-state index in [1.54, 1.807) is 13.0 Å². The van der Waals surface area contributed by atoms with Crippen LogP contribution < -0.4 is 10.6 Å². The molecule has 2 N–H and O–H groups in total. The second kappa shape index (κ2) is 6.11. The van der Waals surface area contributed by atoms with Crippen LogP contribution in [0, 0.1) is 12.7 Å². The van der Waals surface area contributed by atoms with Crippen LogP contribution in [-0.2, 0) is 6.54 Å². The molecule has 0 aliphatic carbocycles. The van der Waals surface area contributed by atoms with Crippen molar-refractivity contribution in [2.24, 2.45) is 0 Å². The van der Waals surface area contributed by atoms with Crippen molar-refractivity contribution in [3.05, 3.63) is 33.9 Å². The lowest BCUT2D eigenvalue weighted by atomic mass is 10.1. The Morgan fingerprint density at radius 1 is 1.29 bits per heavy atom. The summed E-state index contributed by atoms with van der Waals surface area (Å²) in [6.07, 6.45) is 0. The van der Waals surface area contributed by atoms with Crippen molar-refractivity contribution in [3.8, 4) is 0 Å². The zero-order valence-corrected chi connectivity index (χ0v) is 14.0. The first-order valence-electron chi connectivity index (χ1n) is 6.55. The van der Waals surface area contributed by atoms with Crippen LogP contribution >= 0.6 is 15.9 Å². The van der Waals surface area contributed by atoms with E-state index in [-0.39, 0.29) is 17.4 Å². The quantitative estimate of drug-likeness (QED) is 0.869. The predicted molar refractivity (Wildman–Crippen MR) is 83.0 cm³/mol. The minimum Gasteiger partial charge on any atom is -0.406 e. The lowest BCUT2D eigenvalue weighted by molar-refractivity contribution is 0.384. The monoisotopic (exact) mass is 356 g/mol. The molecule has 2 aromatic rings. The Morgan fingerprint density at radius 3 is 2.67 bits per heavy atom. The van der Waals surface area contributed by atoms with Crippen LogP contribution in [-0.4, -0.2) is 15.7 Å². The van der Waals surface area contributed by atoms with E-state index in [1.165, 1.54) is 6.07 Å². The molecule has 0 aliphatic heterocycles. The molecule has 0 saturated carbocycles. The van der Waals surface area contributed by atoms with E-state index in [0.29, 0.717) is 22.6 Å². The van der Waals surface area contributed by atoms with E-state index < -0.39 is 0 Å². The largest absolute Gasteiger partial charge is 0.406 e. The maximum atomic E-state index is 13.4. The minimum atomic E-state index is -0.307. The molecule has 1 heterocycles. The highest BCUT2D eigenvalue weighted by molar-refractivity contribution is 9.10. The zero-order valence-electron chi connectivity index (χ0n) is 12.4. The molecule has 2 rings (SSSR count). The number of benzene rings is 1. The van der Waals surface area contributed by atoms with Gasteiger partial charge in [-0.15, -0.1) is 5.10 Å². The van der Waals surface area contributed by atoms with Gasteiger partial charge in [0.2, 0.25) is 5.89 Å². The number of rotatable bonds is 4. The Hall–Kier alpha value is -1.47. The molecule has 1 aromatic heterocycles. The van der Waals surface area contributed by atoms with Gasteiger partial charge in [-0.2, -0.15) is 0 Å². The van der Waals surface area contributed by atoms with Gasteiger partial charge in [-0.05, 0) is 61.3 Å². The van der Waals surface area contributed by atoms with E-state index in [4.69, 9.17) is 4.42 Å². The SMILES string of the molecule is Cc1cc(F)c(Br)cc1Nc1nnc(CNC(C)(C)C)o1. The van der Waals surface area contributed by atoms with Crippen molar-refractivity contribution in [1.29, 1.82) is 0 Å². The van der Waals surface area contributed by atoms with Crippen molar-refractivity contribution in [2.75, 3.05) is 5.32 Å². The number of hydrogen-bond acceptors (Lipinski definition) is 5. The summed E-state index contributed by atoms with van der Waals surface area (Å²) in [5, 5.41) is 14.1. The molecule has 0 spiro atoms. The molecule has 0 fully saturated rings. The number of nitrogens with one attached hydrogen (secondary N) is 2. The molecule has 7 heteroatoms. The lowest BCUT2D eigenvalue weighted by Gasteiger charge is -2.18. The third-order valence-corrected chi connectivity index (χ3v) is 3.35. The van der Waals surface area contributed by atoms with Crippen LogP contribution in [0.5, 0.6) is 0 Å². The number of halogens is 2. The van der Waals surface area contributed by atoms with Gasteiger partial charge in [0.1, 0.15) is 5.82 Å². The summed E-state index contributed by atoms with van der Waals surface area (Å²) in [6.45, 7) is 8.46. The van der Waals surface area contributed by atoms with Crippen LogP contribution in [0.1, 0.15) is 32.2 Å². The summed E-state index contributed by atoms with van der Waals surface area (Å²) in [4.78, 5) is 0. The van der Waals surface area contributed by atoms with E-state index in [0.717, 1.165) is 5.56 Å². The standard InChI is InChI=1S/C14H18BrFN4O/c1-8-5-10(16)9(15)6-11(8)18-13-20-19-12(21-13)7-17-14(2,3)4/h5-6,17H,7H2,1-4H3,(H,18,20). The van der Waals surface area contributed by atoms with Crippen LogP contribution in [0.4, 0.5) is 16.1 Å². The summed E-state index contributed by atoms with van der Waals surface area (Å²) in [7, 11) is 0. The number of anilines is 2. The summed E-state index contributed by atoms with van der Waals surface area (Å²) in [6, 6.07) is 3.36. The van der Waals surface area contributed by atoms with Gasteiger partial charge in [0, 0.05) is 11.2 Å². The Bertz CT molecular complexity index is 636. The molecule has 1 aromatic carbocycles. The summed E-state index contributed by atoms with van der Waals surface area (Å²) in [5.74, 6) is 0.185. The number of nitrogens with zero attached hydrogens (tertiary/aromatic N) is 2. The van der Waals surface area contributed by atoms with Gasteiger partial charge in [0.15, 0.2) is 0 Å². The first-order valence-corrected chi connectivity index (χ1v) is 7.34. The van der Waals surface area contributed by atoms with E-state index in [9.17, 15) is 4.39 Å². The molecule has 0 saturated heterocycles. The van der Waals surface area contributed by atoms with Crippen molar-refractivity contribution in [1.82, 2.24) is 15.5 Å². The first-order chi connectivity index (χ1) is 9.74. The van der Waals surface area contributed by atoms with Crippen molar-refractivity contribution >= 4 is 27.6 Å². The number of aryl methyl sites for hydroxylation is 1. The molecular formula is C14H18BrFN4O. The smallest absolute Gasteiger partial charge is 0.320 e.